The Morgan fingerprint density at radius 1 is 1.53 bits per heavy atom. The van der Waals surface area contributed by atoms with Gasteiger partial charge < -0.3 is 25.0 Å². The van der Waals surface area contributed by atoms with Crippen LogP contribution in [-0.2, 0) is 4.74 Å². The Bertz CT molecular complexity index is 481. The number of nitrogens with two attached hydrogens (primary N) is 1. The average molecular weight is 265 g/mol. The molecule has 1 amide bonds. The first-order chi connectivity index (χ1) is 9.20. The molecule has 19 heavy (non-hydrogen) atoms. The number of hydrogen-bond donors (Lipinski definition) is 2. The van der Waals surface area contributed by atoms with E-state index in [1.54, 1.807) is 11.0 Å². The van der Waals surface area contributed by atoms with E-state index in [1.807, 2.05) is 10.8 Å². The largest absolute Gasteiger partial charge is 0.397 e. The normalized spacial score (nSPS) is 23.6. The van der Waals surface area contributed by atoms with Crippen molar-refractivity contribution in [3.05, 3.63) is 18.0 Å². The number of ether oxygens (including phenoxy) is 1. The van der Waals surface area contributed by atoms with E-state index in [0.29, 0.717) is 37.2 Å². The van der Waals surface area contributed by atoms with Gasteiger partial charge >= 0.3 is 0 Å². The van der Waals surface area contributed by atoms with Crippen LogP contribution in [0.5, 0.6) is 0 Å². The van der Waals surface area contributed by atoms with E-state index in [-0.39, 0.29) is 18.6 Å². The van der Waals surface area contributed by atoms with Crippen molar-refractivity contribution >= 4 is 11.6 Å². The number of anilines is 1. The lowest BCUT2D eigenvalue weighted by molar-refractivity contribution is -0.0188. The summed E-state index contributed by atoms with van der Waals surface area (Å²) in [5.41, 5.74) is 7.05. The number of amides is 1. The predicted octanol–water partition coefficient (Wildman–Crippen LogP) is 0.238. The lowest BCUT2D eigenvalue weighted by atomic mass is 10.2. The summed E-state index contributed by atoms with van der Waals surface area (Å²) < 4.78 is 7.27. The number of nitrogen functional groups attached to an aromatic ring is 1. The van der Waals surface area contributed by atoms with Gasteiger partial charge in [0.1, 0.15) is 5.69 Å². The van der Waals surface area contributed by atoms with E-state index in [0.717, 1.165) is 12.8 Å². The lowest BCUT2D eigenvalue weighted by Crippen LogP contribution is -2.50. The van der Waals surface area contributed by atoms with Crippen LogP contribution in [0.4, 0.5) is 5.69 Å². The molecule has 0 radical (unpaired) electrons. The van der Waals surface area contributed by atoms with Crippen molar-refractivity contribution < 1.29 is 14.6 Å². The van der Waals surface area contributed by atoms with Gasteiger partial charge in [-0.2, -0.15) is 0 Å². The Kier molecular flexibility index (Phi) is 3.20. The van der Waals surface area contributed by atoms with E-state index in [4.69, 9.17) is 10.5 Å². The number of nitrogens with zero attached hydrogens (tertiary/aromatic N) is 2. The number of morpholine rings is 1. The Morgan fingerprint density at radius 2 is 2.32 bits per heavy atom. The summed E-state index contributed by atoms with van der Waals surface area (Å²) in [5, 5.41) is 9.35. The first-order valence-corrected chi connectivity index (χ1v) is 6.67. The molecule has 6 heteroatoms. The molecule has 3 N–H and O–H groups in total. The van der Waals surface area contributed by atoms with Crippen LogP contribution in [0.3, 0.4) is 0 Å². The maximum Gasteiger partial charge on any atom is 0.271 e. The van der Waals surface area contributed by atoms with Crippen molar-refractivity contribution in [3.8, 4) is 0 Å². The van der Waals surface area contributed by atoms with Crippen LogP contribution in [0.25, 0.3) is 0 Å². The number of carbonyl (C=O) groups excluding carboxylic acids is 1. The smallest absolute Gasteiger partial charge is 0.271 e. The van der Waals surface area contributed by atoms with Crippen LogP contribution >= 0.6 is 0 Å². The van der Waals surface area contributed by atoms with Crippen molar-refractivity contribution in [1.82, 2.24) is 9.47 Å². The van der Waals surface area contributed by atoms with Crippen LogP contribution < -0.4 is 5.73 Å². The van der Waals surface area contributed by atoms with Gasteiger partial charge in [0.05, 0.1) is 31.5 Å². The molecule has 0 aromatic carbocycles. The summed E-state index contributed by atoms with van der Waals surface area (Å²) in [4.78, 5) is 14.3. The fraction of sp³-hybridized carbons (Fsp3) is 0.615. The predicted molar refractivity (Wildman–Crippen MR) is 69.8 cm³/mol. The van der Waals surface area contributed by atoms with Gasteiger partial charge in [0, 0.05) is 18.8 Å². The van der Waals surface area contributed by atoms with E-state index in [2.05, 4.69) is 0 Å². The van der Waals surface area contributed by atoms with Crippen LogP contribution in [0.2, 0.25) is 0 Å². The third kappa shape index (κ3) is 2.33. The molecule has 0 spiro atoms. The summed E-state index contributed by atoms with van der Waals surface area (Å²) in [6.07, 6.45) is 4.03. The standard InChI is InChI=1S/C13H19N3O3/c14-9-5-12(16(6-9)10-1-2-10)13(18)15-3-4-19-8-11(15)7-17/h5-6,10-11,17H,1-4,7-8,14H2. The first kappa shape index (κ1) is 12.5. The third-order valence-corrected chi connectivity index (χ3v) is 3.73. The van der Waals surface area contributed by atoms with Crippen LogP contribution in [-0.4, -0.2) is 52.9 Å². The van der Waals surface area contributed by atoms with E-state index in [9.17, 15) is 9.90 Å². The van der Waals surface area contributed by atoms with Crippen LogP contribution in [0.1, 0.15) is 29.4 Å². The van der Waals surface area contributed by atoms with Crippen molar-refractivity contribution in [3.63, 3.8) is 0 Å². The molecular weight excluding hydrogens is 246 g/mol. The van der Waals surface area contributed by atoms with Gasteiger partial charge in [-0.05, 0) is 18.9 Å². The number of aliphatic hydroxyl groups excluding tert-OH is 1. The van der Waals surface area contributed by atoms with Crippen LogP contribution in [0, 0.1) is 0 Å². The van der Waals surface area contributed by atoms with E-state index in [1.165, 1.54) is 0 Å². The first-order valence-electron chi connectivity index (χ1n) is 6.67. The van der Waals surface area contributed by atoms with Gasteiger partial charge in [0.15, 0.2) is 0 Å². The highest BCUT2D eigenvalue weighted by atomic mass is 16.5. The Morgan fingerprint density at radius 3 is 3.00 bits per heavy atom. The number of hydrogen-bond acceptors (Lipinski definition) is 4. The molecule has 1 unspecified atom stereocenters. The minimum atomic E-state index is -0.259. The Labute approximate surface area is 111 Å². The summed E-state index contributed by atoms with van der Waals surface area (Å²) in [7, 11) is 0. The number of rotatable bonds is 3. The zero-order valence-corrected chi connectivity index (χ0v) is 10.8. The molecule has 1 aliphatic heterocycles. The fourth-order valence-corrected chi connectivity index (χ4v) is 2.55. The monoisotopic (exact) mass is 265 g/mol. The molecule has 1 saturated carbocycles. The van der Waals surface area contributed by atoms with Gasteiger partial charge in [0.25, 0.3) is 5.91 Å². The topological polar surface area (TPSA) is 80.7 Å². The Balaban J connectivity index is 1.86. The van der Waals surface area contributed by atoms with E-state index < -0.39 is 0 Å². The fourth-order valence-electron chi connectivity index (χ4n) is 2.55. The quantitative estimate of drug-likeness (QED) is 0.820. The van der Waals surface area contributed by atoms with Crippen molar-refractivity contribution in [2.75, 3.05) is 32.1 Å². The van der Waals surface area contributed by atoms with Crippen molar-refractivity contribution in [2.24, 2.45) is 0 Å². The summed E-state index contributed by atoms with van der Waals surface area (Å²) in [6, 6.07) is 1.87. The maximum absolute atomic E-state index is 12.6. The zero-order chi connectivity index (χ0) is 13.4. The van der Waals surface area contributed by atoms with Crippen molar-refractivity contribution in [2.45, 2.75) is 24.9 Å². The second kappa shape index (κ2) is 4.86. The maximum atomic E-state index is 12.6. The molecule has 1 saturated heterocycles. The zero-order valence-electron chi connectivity index (χ0n) is 10.8. The highest BCUT2D eigenvalue weighted by Gasteiger charge is 2.33. The Hall–Kier alpha value is -1.53. The SMILES string of the molecule is Nc1cc(C(=O)N2CCOCC2CO)n(C2CC2)c1. The molecule has 2 aliphatic rings. The second-order valence-electron chi connectivity index (χ2n) is 5.21. The molecule has 3 rings (SSSR count). The molecule has 1 aromatic rings. The van der Waals surface area contributed by atoms with Gasteiger partial charge in [-0.25, -0.2) is 0 Å². The third-order valence-electron chi connectivity index (χ3n) is 3.73. The van der Waals surface area contributed by atoms with Gasteiger partial charge in [-0.3, -0.25) is 4.79 Å². The number of aliphatic hydroxyl groups is 1. The molecular formula is C13H19N3O3. The van der Waals surface area contributed by atoms with Gasteiger partial charge in [0.2, 0.25) is 0 Å². The van der Waals surface area contributed by atoms with Gasteiger partial charge in [-0.15, -0.1) is 0 Å². The molecule has 1 atom stereocenters. The minimum absolute atomic E-state index is 0.0639. The highest BCUT2D eigenvalue weighted by Crippen LogP contribution is 2.37. The average Bonchev–Trinajstić information content (AvgIpc) is 3.21. The number of carbonyl (C=O) groups is 1. The molecule has 0 bridgehead atoms. The van der Waals surface area contributed by atoms with Crippen molar-refractivity contribution in [1.29, 1.82) is 0 Å². The second-order valence-corrected chi connectivity index (χ2v) is 5.21. The summed E-state index contributed by atoms with van der Waals surface area (Å²) >= 11 is 0. The molecule has 6 nitrogen and oxygen atoms in total. The van der Waals surface area contributed by atoms with Gasteiger partial charge in [-0.1, -0.05) is 0 Å². The molecule has 2 heterocycles. The van der Waals surface area contributed by atoms with Crippen LogP contribution in [0.15, 0.2) is 12.3 Å². The molecule has 1 aliphatic carbocycles. The highest BCUT2D eigenvalue weighted by molar-refractivity contribution is 5.94. The lowest BCUT2D eigenvalue weighted by Gasteiger charge is -2.34. The molecule has 1 aromatic heterocycles. The summed E-state index contributed by atoms with van der Waals surface area (Å²) in [6.45, 7) is 1.34. The molecule has 2 fully saturated rings. The molecule has 104 valence electrons. The van der Waals surface area contributed by atoms with E-state index >= 15 is 0 Å². The summed E-state index contributed by atoms with van der Waals surface area (Å²) in [5.74, 6) is -0.0639. The minimum Gasteiger partial charge on any atom is -0.397 e. The number of aromatic nitrogens is 1.